The van der Waals surface area contributed by atoms with E-state index in [0.717, 1.165) is 38.9 Å². The van der Waals surface area contributed by atoms with Gasteiger partial charge < -0.3 is 10.2 Å². The SMILES string of the molecule is CNCC1CCN(C(=O)C2(c3ccccc3F)CC2)C1.Cl. The Morgan fingerprint density at radius 2 is 2.14 bits per heavy atom. The lowest BCUT2D eigenvalue weighted by Gasteiger charge is -2.24. The van der Waals surface area contributed by atoms with Crippen molar-refractivity contribution >= 4 is 18.3 Å². The van der Waals surface area contributed by atoms with E-state index in [9.17, 15) is 9.18 Å². The van der Waals surface area contributed by atoms with Crippen LogP contribution in [0.25, 0.3) is 0 Å². The van der Waals surface area contributed by atoms with Gasteiger partial charge in [-0.15, -0.1) is 12.4 Å². The minimum atomic E-state index is -0.570. The van der Waals surface area contributed by atoms with Gasteiger partial charge in [-0.2, -0.15) is 0 Å². The normalized spacial score (nSPS) is 22.8. The van der Waals surface area contributed by atoms with E-state index in [0.29, 0.717) is 11.5 Å². The number of carbonyl (C=O) groups excluding carboxylic acids is 1. The monoisotopic (exact) mass is 312 g/mol. The van der Waals surface area contributed by atoms with Crippen molar-refractivity contribution in [2.45, 2.75) is 24.7 Å². The molecule has 3 rings (SSSR count). The lowest BCUT2D eigenvalue weighted by molar-refractivity contribution is -0.133. The Balaban J connectivity index is 0.00000161. The third-order valence-electron chi connectivity index (χ3n) is 4.61. The molecule has 0 aromatic heterocycles. The van der Waals surface area contributed by atoms with Gasteiger partial charge in [-0.3, -0.25) is 4.79 Å². The fraction of sp³-hybridized carbons (Fsp3) is 0.562. The minimum absolute atomic E-state index is 0. The van der Waals surface area contributed by atoms with Crippen LogP contribution in [0.1, 0.15) is 24.8 Å². The number of hydrogen-bond acceptors (Lipinski definition) is 2. The Labute approximate surface area is 131 Å². The van der Waals surface area contributed by atoms with Crippen molar-refractivity contribution in [2.24, 2.45) is 5.92 Å². The molecule has 1 saturated carbocycles. The third kappa shape index (κ3) is 2.92. The molecule has 1 unspecified atom stereocenters. The van der Waals surface area contributed by atoms with Crippen LogP contribution in [-0.2, 0) is 10.2 Å². The second kappa shape index (κ2) is 6.32. The number of amides is 1. The smallest absolute Gasteiger partial charge is 0.233 e. The zero-order valence-corrected chi connectivity index (χ0v) is 13.1. The number of halogens is 2. The number of hydrogen-bond donors (Lipinski definition) is 1. The van der Waals surface area contributed by atoms with Gasteiger partial charge in [0.05, 0.1) is 5.41 Å². The van der Waals surface area contributed by atoms with Crippen LogP contribution in [0.3, 0.4) is 0 Å². The van der Waals surface area contributed by atoms with E-state index in [2.05, 4.69) is 5.32 Å². The van der Waals surface area contributed by atoms with Crippen molar-refractivity contribution < 1.29 is 9.18 Å². The number of nitrogens with one attached hydrogen (secondary N) is 1. The quantitative estimate of drug-likeness (QED) is 0.925. The number of rotatable bonds is 4. The van der Waals surface area contributed by atoms with Gasteiger partial charge in [-0.25, -0.2) is 4.39 Å². The van der Waals surface area contributed by atoms with Crippen molar-refractivity contribution in [2.75, 3.05) is 26.7 Å². The van der Waals surface area contributed by atoms with Crippen molar-refractivity contribution in [3.63, 3.8) is 0 Å². The Kier molecular flexibility index (Phi) is 4.89. The topological polar surface area (TPSA) is 32.3 Å². The molecule has 1 aromatic carbocycles. The summed E-state index contributed by atoms with van der Waals surface area (Å²) in [6.07, 6.45) is 2.60. The van der Waals surface area contributed by atoms with Crippen LogP contribution in [0, 0.1) is 11.7 Å². The summed E-state index contributed by atoms with van der Waals surface area (Å²) >= 11 is 0. The first-order chi connectivity index (χ1) is 9.67. The number of likely N-dealkylation sites (tertiary alicyclic amines) is 1. The first-order valence-electron chi connectivity index (χ1n) is 7.36. The van der Waals surface area contributed by atoms with Crippen LogP contribution in [0.4, 0.5) is 4.39 Å². The molecule has 5 heteroatoms. The van der Waals surface area contributed by atoms with Crippen molar-refractivity contribution in [3.05, 3.63) is 35.6 Å². The first-order valence-corrected chi connectivity index (χ1v) is 7.36. The average molecular weight is 313 g/mol. The lowest BCUT2D eigenvalue weighted by Crippen LogP contribution is -2.38. The van der Waals surface area contributed by atoms with Gasteiger partial charge in [-0.05, 0) is 44.8 Å². The Morgan fingerprint density at radius 1 is 1.43 bits per heavy atom. The molecule has 1 amide bonds. The first kappa shape index (κ1) is 16.2. The molecule has 0 spiro atoms. The average Bonchev–Trinajstić information content (AvgIpc) is 3.12. The van der Waals surface area contributed by atoms with E-state index >= 15 is 0 Å². The summed E-state index contributed by atoms with van der Waals surface area (Å²) in [5, 5.41) is 3.17. The molecule has 21 heavy (non-hydrogen) atoms. The number of carbonyl (C=O) groups is 1. The largest absolute Gasteiger partial charge is 0.342 e. The van der Waals surface area contributed by atoms with E-state index in [-0.39, 0.29) is 24.1 Å². The van der Waals surface area contributed by atoms with Gasteiger partial charge in [0.1, 0.15) is 5.82 Å². The fourth-order valence-corrected chi connectivity index (χ4v) is 3.35. The minimum Gasteiger partial charge on any atom is -0.342 e. The Morgan fingerprint density at radius 3 is 2.76 bits per heavy atom. The predicted octanol–water partition coefficient (Wildman–Crippen LogP) is 2.35. The molecule has 2 fully saturated rings. The van der Waals surface area contributed by atoms with E-state index in [1.807, 2.05) is 18.0 Å². The number of benzene rings is 1. The molecule has 2 aliphatic rings. The molecule has 0 radical (unpaired) electrons. The van der Waals surface area contributed by atoms with Crippen LogP contribution in [0.5, 0.6) is 0 Å². The van der Waals surface area contributed by atoms with Gasteiger partial charge in [0, 0.05) is 18.7 Å². The zero-order valence-electron chi connectivity index (χ0n) is 12.3. The second-order valence-electron chi connectivity index (χ2n) is 6.03. The van der Waals surface area contributed by atoms with Gasteiger partial charge in [-0.1, -0.05) is 18.2 Å². The molecular weight excluding hydrogens is 291 g/mol. The standard InChI is InChI=1S/C16H21FN2O.ClH/c1-18-10-12-6-9-19(11-12)15(20)16(7-8-16)13-4-2-3-5-14(13)17;/h2-5,12,18H,6-11H2,1H3;1H. The zero-order chi connectivity index (χ0) is 14.2. The number of nitrogens with zero attached hydrogens (tertiary/aromatic N) is 1. The summed E-state index contributed by atoms with van der Waals surface area (Å²) in [6.45, 7) is 2.55. The molecule has 1 atom stereocenters. The summed E-state index contributed by atoms with van der Waals surface area (Å²) in [5.41, 5.74) is 0.0157. The highest BCUT2D eigenvalue weighted by Gasteiger charge is 2.54. The molecular formula is C16H22ClFN2O. The van der Waals surface area contributed by atoms with E-state index in [1.54, 1.807) is 12.1 Å². The summed E-state index contributed by atoms with van der Waals surface area (Å²) in [5.74, 6) is 0.408. The predicted molar refractivity (Wildman–Crippen MR) is 83.2 cm³/mol. The van der Waals surface area contributed by atoms with Crippen LogP contribution >= 0.6 is 12.4 Å². The molecule has 1 heterocycles. The maximum atomic E-state index is 14.0. The molecule has 0 bridgehead atoms. The molecule has 116 valence electrons. The Bertz CT molecular complexity index is 519. The van der Waals surface area contributed by atoms with Gasteiger partial charge >= 0.3 is 0 Å². The van der Waals surface area contributed by atoms with E-state index in [4.69, 9.17) is 0 Å². The second-order valence-corrected chi connectivity index (χ2v) is 6.03. The van der Waals surface area contributed by atoms with E-state index in [1.165, 1.54) is 6.07 Å². The molecule has 1 aliphatic carbocycles. The Hall–Kier alpha value is -1.13. The molecule has 3 nitrogen and oxygen atoms in total. The van der Waals surface area contributed by atoms with Crippen LogP contribution in [0.15, 0.2) is 24.3 Å². The molecule has 1 aliphatic heterocycles. The molecule has 1 N–H and O–H groups in total. The summed E-state index contributed by atoms with van der Waals surface area (Å²) in [4.78, 5) is 14.7. The van der Waals surface area contributed by atoms with Crippen molar-refractivity contribution in [1.29, 1.82) is 0 Å². The van der Waals surface area contributed by atoms with Gasteiger partial charge in [0.25, 0.3) is 0 Å². The van der Waals surface area contributed by atoms with Crippen molar-refractivity contribution in [1.82, 2.24) is 10.2 Å². The van der Waals surface area contributed by atoms with E-state index < -0.39 is 5.41 Å². The summed E-state index contributed by atoms with van der Waals surface area (Å²) in [6, 6.07) is 6.72. The fourth-order valence-electron chi connectivity index (χ4n) is 3.35. The molecule has 1 aromatic rings. The van der Waals surface area contributed by atoms with Crippen LogP contribution in [-0.4, -0.2) is 37.5 Å². The van der Waals surface area contributed by atoms with Gasteiger partial charge in [0.15, 0.2) is 0 Å². The molecule has 1 saturated heterocycles. The summed E-state index contributed by atoms with van der Waals surface area (Å²) < 4.78 is 14.0. The van der Waals surface area contributed by atoms with Crippen LogP contribution < -0.4 is 5.32 Å². The van der Waals surface area contributed by atoms with Crippen molar-refractivity contribution in [3.8, 4) is 0 Å². The van der Waals surface area contributed by atoms with Gasteiger partial charge in [0.2, 0.25) is 5.91 Å². The van der Waals surface area contributed by atoms with Crippen LogP contribution in [0.2, 0.25) is 0 Å². The maximum Gasteiger partial charge on any atom is 0.233 e. The highest BCUT2D eigenvalue weighted by atomic mass is 35.5. The highest BCUT2D eigenvalue weighted by molar-refractivity contribution is 5.91. The lowest BCUT2D eigenvalue weighted by atomic mass is 9.94. The third-order valence-corrected chi connectivity index (χ3v) is 4.61. The highest BCUT2D eigenvalue weighted by Crippen LogP contribution is 2.50. The maximum absolute atomic E-state index is 14.0. The summed E-state index contributed by atoms with van der Waals surface area (Å²) in [7, 11) is 1.94.